The summed E-state index contributed by atoms with van der Waals surface area (Å²) in [7, 11) is -2.08. The van der Waals surface area contributed by atoms with Gasteiger partial charge in [0.05, 0.1) is 7.11 Å². The van der Waals surface area contributed by atoms with Gasteiger partial charge in [0.2, 0.25) is 0 Å². The molecule has 0 radical (unpaired) electrons. The number of unbranched alkanes of at least 4 members (excludes halogenated alkanes) is 1. The van der Waals surface area contributed by atoms with Crippen LogP contribution in [0.1, 0.15) is 26.2 Å². The van der Waals surface area contributed by atoms with Crippen molar-refractivity contribution < 1.29 is 13.2 Å². The first-order valence-electron chi connectivity index (χ1n) is 5.89. The molecule has 1 atom stereocenters. The van der Waals surface area contributed by atoms with Crippen molar-refractivity contribution in [2.45, 2.75) is 36.4 Å². The summed E-state index contributed by atoms with van der Waals surface area (Å²) in [6.45, 7) is 2.36. The van der Waals surface area contributed by atoms with Crippen LogP contribution in [-0.4, -0.2) is 28.1 Å². The number of nitrogens with one attached hydrogen (secondary N) is 1. The summed E-state index contributed by atoms with van der Waals surface area (Å²) >= 11 is 1.14. The van der Waals surface area contributed by atoms with Gasteiger partial charge in [0.15, 0.2) is 4.21 Å². The van der Waals surface area contributed by atoms with Crippen LogP contribution in [0, 0.1) is 0 Å². The number of rotatable bonds is 8. The summed E-state index contributed by atoms with van der Waals surface area (Å²) in [5.74, 6) is 0.374. The normalized spacial score (nSPS) is 13.5. The van der Waals surface area contributed by atoms with Crippen LogP contribution in [-0.2, 0) is 10.0 Å². The quantitative estimate of drug-likeness (QED) is 0.761. The van der Waals surface area contributed by atoms with Gasteiger partial charge in [-0.2, -0.15) is 0 Å². The third-order valence-electron chi connectivity index (χ3n) is 2.57. The molecule has 0 aliphatic rings. The average molecular weight is 292 g/mol. The molecule has 5 nitrogen and oxygen atoms in total. The molecule has 0 saturated carbocycles. The molecule has 0 aliphatic carbocycles. The number of hydrogen-bond donors (Lipinski definition) is 2. The fourth-order valence-electron chi connectivity index (χ4n) is 1.58. The highest BCUT2D eigenvalue weighted by atomic mass is 32.2. The Morgan fingerprint density at radius 3 is 2.83 bits per heavy atom. The second kappa shape index (κ2) is 7.08. The number of sulfonamides is 1. The fraction of sp³-hybridized carbons (Fsp3) is 0.636. The lowest BCUT2D eigenvalue weighted by Crippen LogP contribution is -2.39. The molecular weight excluding hydrogens is 272 g/mol. The Kier molecular flexibility index (Phi) is 6.07. The van der Waals surface area contributed by atoms with E-state index in [-0.39, 0.29) is 10.3 Å². The van der Waals surface area contributed by atoms with Gasteiger partial charge in [-0.05, 0) is 17.9 Å². The van der Waals surface area contributed by atoms with Crippen molar-refractivity contribution >= 4 is 21.4 Å². The molecule has 3 N–H and O–H groups in total. The highest BCUT2D eigenvalue weighted by Crippen LogP contribution is 2.29. The molecule has 0 fully saturated rings. The predicted molar refractivity (Wildman–Crippen MR) is 73.6 cm³/mol. The van der Waals surface area contributed by atoms with E-state index in [0.29, 0.717) is 12.3 Å². The summed E-state index contributed by atoms with van der Waals surface area (Å²) < 4.78 is 32.2. The zero-order chi connectivity index (χ0) is 13.6. The van der Waals surface area contributed by atoms with Gasteiger partial charge in [-0.25, -0.2) is 13.1 Å². The van der Waals surface area contributed by atoms with Crippen LogP contribution in [0.25, 0.3) is 0 Å². The molecule has 1 aromatic rings. The van der Waals surface area contributed by atoms with Crippen LogP contribution in [0.15, 0.2) is 15.7 Å². The van der Waals surface area contributed by atoms with E-state index < -0.39 is 10.0 Å². The Morgan fingerprint density at radius 2 is 2.28 bits per heavy atom. The summed E-state index contributed by atoms with van der Waals surface area (Å²) in [6, 6.07) is 1.42. The molecule has 0 aliphatic heterocycles. The maximum absolute atomic E-state index is 12.2. The Bertz CT molecular complexity index is 457. The van der Waals surface area contributed by atoms with Crippen molar-refractivity contribution in [1.29, 1.82) is 0 Å². The standard InChI is InChI=1S/C11H20N2O3S2/c1-3-4-5-9(8-12)13-18(14,15)11-10(16-2)6-7-17-11/h6-7,9,13H,3-5,8,12H2,1-2H3. The van der Waals surface area contributed by atoms with Crippen LogP contribution in [0.5, 0.6) is 5.75 Å². The Balaban J connectivity index is 2.80. The van der Waals surface area contributed by atoms with Crippen LogP contribution in [0.4, 0.5) is 0 Å². The van der Waals surface area contributed by atoms with Crippen molar-refractivity contribution in [3.8, 4) is 5.75 Å². The molecule has 0 bridgehead atoms. The van der Waals surface area contributed by atoms with Gasteiger partial charge in [-0.3, -0.25) is 0 Å². The largest absolute Gasteiger partial charge is 0.494 e. The lowest BCUT2D eigenvalue weighted by Gasteiger charge is -2.16. The van der Waals surface area contributed by atoms with Crippen molar-refractivity contribution in [3.05, 3.63) is 11.4 Å². The van der Waals surface area contributed by atoms with E-state index >= 15 is 0 Å². The van der Waals surface area contributed by atoms with Gasteiger partial charge in [-0.1, -0.05) is 19.8 Å². The van der Waals surface area contributed by atoms with Gasteiger partial charge in [0, 0.05) is 12.6 Å². The fourth-order valence-corrected chi connectivity index (χ4v) is 4.16. The van der Waals surface area contributed by atoms with E-state index in [0.717, 1.165) is 30.6 Å². The SMILES string of the molecule is CCCCC(CN)NS(=O)(=O)c1sccc1OC. The van der Waals surface area contributed by atoms with Crippen molar-refractivity contribution in [1.82, 2.24) is 4.72 Å². The monoisotopic (exact) mass is 292 g/mol. The number of thiophene rings is 1. The summed E-state index contributed by atoms with van der Waals surface area (Å²) in [5.41, 5.74) is 5.59. The van der Waals surface area contributed by atoms with Crippen LogP contribution in [0.3, 0.4) is 0 Å². The average Bonchev–Trinajstić information content (AvgIpc) is 2.83. The lowest BCUT2D eigenvalue weighted by atomic mass is 10.1. The smallest absolute Gasteiger partial charge is 0.254 e. The highest BCUT2D eigenvalue weighted by Gasteiger charge is 2.24. The summed E-state index contributed by atoms with van der Waals surface area (Å²) in [6.07, 6.45) is 2.71. The maximum Gasteiger partial charge on any atom is 0.254 e. The molecule has 1 aromatic heterocycles. The van der Waals surface area contributed by atoms with Gasteiger partial charge in [0.25, 0.3) is 10.0 Å². The molecule has 0 saturated heterocycles. The Labute approximate surface area is 112 Å². The molecule has 1 unspecified atom stereocenters. The van der Waals surface area contributed by atoms with E-state index in [9.17, 15) is 8.42 Å². The first kappa shape index (κ1) is 15.4. The molecule has 0 aromatic carbocycles. The minimum atomic E-state index is -3.54. The van der Waals surface area contributed by atoms with Crippen molar-refractivity contribution in [3.63, 3.8) is 0 Å². The van der Waals surface area contributed by atoms with Gasteiger partial charge < -0.3 is 10.5 Å². The number of nitrogens with two attached hydrogens (primary N) is 1. The topological polar surface area (TPSA) is 81.4 Å². The number of methoxy groups -OCH3 is 1. The minimum Gasteiger partial charge on any atom is -0.494 e. The first-order chi connectivity index (χ1) is 8.55. The van der Waals surface area contributed by atoms with Crippen LogP contribution >= 0.6 is 11.3 Å². The third-order valence-corrected chi connectivity index (χ3v) is 5.54. The second-order valence-electron chi connectivity index (χ2n) is 3.97. The molecule has 18 heavy (non-hydrogen) atoms. The Hall–Kier alpha value is -0.630. The molecule has 104 valence electrons. The van der Waals surface area contributed by atoms with Gasteiger partial charge in [-0.15, -0.1) is 11.3 Å². The van der Waals surface area contributed by atoms with E-state index in [1.54, 1.807) is 11.4 Å². The molecule has 1 heterocycles. The maximum atomic E-state index is 12.2. The van der Waals surface area contributed by atoms with Crippen LogP contribution in [0.2, 0.25) is 0 Å². The van der Waals surface area contributed by atoms with E-state index in [4.69, 9.17) is 10.5 Å². The highest BCUT2D eigenvalue weighted by molar-refractivity contribution is 7.91. The van der Waals surface area contributed by atoms with Crippen LogP contribution < -0.4 is 15.2 Å². The zero-order valence-electron chi connectivity index (χ0n) is 10.7. The van der Waals surface area contributed by atoms with Gasteiger partial charge >= 0.3 is 0 Å². The van der Waals surface area contributed by atoms with Gasteiger partial charge in [0.1, 0.15) is 5.75 Å². The number of ether oxygens (including phenoxy) is 1. The summed E-state index contributed by atoms with van der Waals surface area (Å²) in [4.78, 5) is 0. The molecule has 1 rings (SSSR count). The molecular formula is C11H20N2O3S2. The first-order valence-corrected chi connectivity index (χ1v) is 8.25. The number of hydrogen-bond acceptors (Lipinski definition) is 5. The predicted octanol–water partition coefficient (Wildman–Crippen LogP) is 1.55. The second-order valence-corrected chi connectivity index (χ2v) is 6.80. The lowest BCUT2D eigenvalue weighted by molar-refractivity contribution is 0.405. The molecule has 7 heteroatoms. The van der Waals surface area contributed by atoms with Crippen molar-refractivity contribution in [2.75, 3.05) is 13.7 Å². The van der Waals surface area contributed by atoms with E-state index in [1.807, 2.05) is 0 Å². The third kappa shape index (κ3) is 3.94. The Morgan fingerprint density at radius 1 is 1.56 bits per heavy atom. The zero-order valence-corrected chi connectivity index (χ0v) is 12.3. The van der Waals surface area contributed by atoms with E-state index in [1.165, 1.54) is 7.11 Å². The molecule has 0 spiro atoms. The van der Waals surface area contributed by atoms with Crippen molar-refractivity contribution in [2.24, 2.45) is 5.73 Å². The molecule has 0 amide bonds. The minimum absolute atomic E-state index is 0.208. The van der Waals surface area contributed by atoms with E-state index in [2.05, 4.69) is 11.6 Å². The summed E-state index contributed by atoms with van der Waals surface area (Å²) in [5, 5.41) is 1.69.